The van der Waals surface area contributed by atoms with Crippen LogP contribution in [0.4, 0.5) is 5.69 Å². The van der Waals surface area contributed by atoms with Crippen molar-refractivity contribution in [1.29, 1.82) is 0 Å². The second-order valence-corrected chi connectivity index (χ2v) is 12.5. The number of carbonyl (C=O) groups is 2. The van der Waals surface area contributed by atoms with E-state index in [4.69, 9.17) is 4.74 Å². The predicted octanol–water partition coefficient (Wildman–Crippen LogP) is 5.69. The van der Waals surface area contributed by atoms with Crippen LogP contribution in [-0.2, 0) is 26.2 Å². The van der Waals surface area contributed by atoms with Gasteiger partial charge in [0.15, 0.2) is 0 Å². The third kappa shape index (κ3) is 8.81. The van der Waals surface area contributed by atoms with Gasteiger partial charge in [0.2, 0.25) is 11.8 Å². The minimum Gasteiger partial charge on any atom is -0.494 e. The number of anilines is 1. The average molecular weight is 645 g/mol. The fraction of sp³-hybridized carbons (Fsp3) is 0.355. The molecule has 0 saturated heterocycles. The largest absolute Gasteiger partial charge is 0.494 e. The van der Waals surface area contributed by atoms with E-state index in [0.717, 1.165) is 32.7 Å². The smallest absolute Gasteiger partial charge is 0.264 e. The van der Waals surface area contributed by atoms with Crippen LogP contribution in [0.2, 0.25) is 0 Å². The van der Waals surface area contributed by atoms with Crippen LogP contribution in [0.1, 0.15) is 44.7 Å². The van der Waals surface area contributed by atoms with Gasteiger partial charge in [-0.25, -0.2) is 8.42 Å². The van der Waals surface area contributed by atoms with Crippen LogP contribution >= 0.6 is 15.9 Å². The second-order valence-electron chi connectivity index (χ2n) is 9.72. The van der Waals surface area contributed by atoms with Crippen LogP contribution < -0.4 is 14.4 Å². The molecule has 2 amide bonds. The minimum absolute atomic E-state index is 0.0644. The second kappa shape index (κ2) is 15.0. The molecule has 0 fully saturated rings. The van der Waals surface area contributed by atoms with E-state index < -0.39 is 28.5 Å². The van der Waals surface area contributed by atoms with E-state index in [1.165, 1.54) is 17.0 Å². The number of unbranched alkanes of at least 4 members (excludes halogenated alkanes) is 1. The summed E-state index contributed by atoms with van der Waals surface area (Å²) >= 11 is 3.42. The molecule has 3 aromatic carbocycles. The minimum atomic E-state index is -4.13. The van der Waals surface area contributed by atoms with Gasteiger partial charge >= 0.3 is 0 Å². The van der Waals surface area contributed by atoms with Crippen molar-refractivity contribution in [2.45, 2.75) is 58.0 Å². The summed E-state index contributed by atoms with van der Waals surface area (Å²) in [5, 5.41) is 2.89. The van der Waals surface area contributed by atoms with E-state index in [1.807, 2.05) is 45.0 Å². The van der Waals surface area contributed by atoms with E-state index in [-0.39, 0.29) is 17.3 Å². The summed E-state index contributed by atoms with van der Waals surface area (Å²) in [6, 6.07) is 19.7. The first-order valence-corrected chi connectivity index (χ1v) is 15.9. The van der Waals surface area contributed by atoms with E-state index in [9.17, 15) is 18.0 Å². The van der Waals surface area contributed by atoms with Crippen LogP contribution in [0.25, 0.3) is 0 Å². The molecule has 41 heavy (non-hydrogen) atoms. The first kappa shape index (κ1) is 32.1. The molecule has 0 spiro atoms. The Labute approximate surface area is 251 Å². The molecule has 0 aliphatic rings. The molecule has 1 N–H and O–H groups in total. The number of nitrogens with zero attached hydrogens (tertiary/aromatic N) is 2. The number of ether oxygens (including phenoxy) is 1. The van der Waals surface area contributed by atoms with Crippen LogP contribution in [0.3, 0.4) is 0 Å². The molecule has 0 saturated carbocycles. The van der Waals surface area contributed by atoms with Crippen molar-refractivity contribution in [2.75, 3.05) is 24.0 Å². The Morgan fingerprint density at radius 1 is 0.951 bits per heavy atom. The summed E-state index contributed by atoms with van der Waals surface area (Å²) in [6.45, 7) is 8.03. The fourth-order valence-electron chi connectivity index (χ4n) is 4.15. The maximum atomic E-state index is 14.0. The summed E-state index contributed by atoms with van der Waals surface area (Å²) in [4.78, 5) is 28.5. The van der Waals surface area contributed by atoms with Gasteiger partial charge in [0.05, 0.1) is 17.2 Å². The Bertz CT molecular complexity index is 1400. The van der Waals surface area contributed by atoms with Crippen molar-refractivity contribution in [3.8, 4) is 5.75 Å². The highest BCUT2D eigenvalue weighted by atomic mass is 79.9. The molecule has 10 heteroatoms. The predicted molar refractivity (Wildman–Crippen MR) is 165 cm³/mol. The fourth-order valence-corrected chi connectivity index (χ4v) is 5.83. The Hall–Kier alpha value is -3.37. The van der Waals surface area contributed by atoms with Crippen LogP contribution in [0.15, 0.2) is 82.2 Å². The number of sulfonamides is 1. The molecular formula is C31H38BrN3O5S. The highest BCUT2D eigenvalue weighted by molar-refractivity contribution is 9.10. The van der Waals surface area contributed by atoms with Crippen LogP contribution in [0.5, 0.6) is 5.75 Å². The molecule has 0 unspecified atom stereocenters. The number of nitrogens with one attached hydrogen (secondary N) is 1. The Morgan fingerprint density at radius 2 is 1.59 bits per heavy atom. The SMILES string of the molecule is CCCCNC(=O)[C@H](C)N(Cc1ccc(Br)cc1)C(=O)CN(c1ccc(OCC)cc1)S(=O)(=O)c1ccc(C)cc1. The van der Waals surface area contributed by atoms with Crippen molar-refractivity contribution in [2.24, 2.45) is 0 Å². The highest BCUT2D eigenvalue weighted by Gasteiger charge is 2.32. The molecule has 1 atom stereocenters. The van der Waals surface area contributed by atoms with Crippen LogP contribution in [-0.4, -0.2) is 50.9 Å². The molecule has 0 aromatic heterocycles. The van der Waals surface area contributed by atoms with Crippen LogP contribution in [0, 0.1) is 6.92 Å². The number of carbonyl (C=O) groups excluding carboxylic acids is 2. The Morgan fingerprint density at radius 3 is 2.17 bits per heavy atom. The first-order chi connectivity index (χ1) is 19.6. The molecule has 0 aliphatic carbocycles. The number of hydrogen-bond acceptors (Lipinski definition) is 5. The lowest BCUT2D eigenvalue weighted by molar-refractivity contribution is -0.139. The first-order valence-electron chi connectivity index (χ1n) is 13.7. The zero-order valence-corrected chi connectivity index (χ0v) is 26.4. The molecule has 0 radical (unpaired) electrons. The maximum absolute atomic E-state index is 14.0. The average Bonchev–Trinajstić information content (AvgIpc) is 2.96. The number of amides is 2. The topological polar surface area (TPSA) is 96.0 Å². The molecular weight excluding hydrogens is 606 g/mol. The quantitative estimate of drug-likeness (QED) is 0.228. The molecule has 3 aromatic rings. The summed E-state index contributed by atoms with van der Waals surface area (Å²) < 4.78 is 35.4. The molecule has 0 heterocycles. The summed E-state index contributed by atoms with van der Waals surface area (Å²) in [5.41, 5.74) is 2.03. The Kier molecular flexibility index (Phi) is 11.8. The van der Waals surface area contributed by atoms with E-state index in [2.05, 4.69) is 21.2 Å². The summed E-state index contributed by atoms with van der Waals surface area (Å²) in [7, 11) is -4.13. The van der Waals surface area contributed by atoms with E-state index in [1.54, 1.807) is 43.3 Å². The molecule has 0 bridgehead atoms. The van der Waals surface area contributed by atoms with Gasteiger partial charge in [-0.2, -0.15) is 0 Å². The van der Waals surface area contributed by atoms with Gasteiger partial charge in [0.25, 0.3) is 10.0 Å². The van der Waals surface area contributed by atoms with Crippen molar-refractivity contribution < 1.29 is 22.7 Å². The third-order valence-electron chi connectivity index (χ3n) is 6.59. The van der Waals surface area contributed by atoms with Gasteiger partial charge in [-0.05, 0) is 81.3 Å². The summed E-state index contributed by atoms with van der Waals surface area (Å²) in [5.74, 6) is -0.210. The number of halogens is 1. The zero-order chi connectivity index (χ0) is 30.0. The van der Waals surface area contributed by atoms with Gasteiger partial charge in [-0.3, -0.25) is 13.9 Å². The van der Waals surface area contributed by atoms with Crippen molar-refractivity contribution in [3.63, 3.8) is 0 Å². The van der Waals surface area contributed by atoms with Crippen molar-refractivity contribution in [3.05, 3.63) is 88.4 Å². The van der Waals surface area contributed by atoms with Crippen molar-refractivity contribution in [1.82, 2.24) is 10.2 Å². The van der Waals surface area contributed by atoms with Gasteiger partial charge in [-0.1, -0.05) is 59.1 Å². The number of aryl methyl sites for hydroxylation is 1. The summed E-state index contributed by atoms with van der Waals surface area (Å²) in [6.07, 6.45) is 1.74. The molecule has 0 aliphatic heterocycles. The lowest BCUT2D eigenvalue weighted by atomic mass is 10.1. The molecule has 220 valence electrons. The van der Waals surface area contributed by atoms with Gasteiger partial charge in [0, 0.05) is 17.6 Å². The van der Waals surface area contributed by atoms with Gasteiger partial charge in [0.1, 0.15) is 18.3 Å². The maximum Gasteiger partial charge on any atom is 0.264 e. The standard InChI is InChI=1S/C31H38BrN3O5S/c1-5-7-20-33-31(37)24(4)34(21-25-10-12-26(32)13-11-25)30(36)22-35(27-14-16-28(17-15-27)40-6-2)41(38,39)29-18-8-23(3)9-19-29/h8-19,24H,5-7,20-22H2,1-4H3,(H,33,37)/t24-/m0/s1. The molecule has 8 nitrogen and oxygen atoms in total. The highest BCUT2D eigenvalue weighted by Crippen LogP contribution is 2.27. The molecule has 3 rings (SSSR count). The lowest BCUT2D eigenvalue weighted by Gasteiger charge is -2.32. The van der Waals surface area contributed by atoms with Gasteiger partial charge in [-0.15, -0.1) is 0 Å². The lowest BCUT2D eigenvalue weighted by Crippen LogP contribution is -2.51. The van der Waals surface area contributed by atoms with E-state index >= 15 is 0 Å². The van der Waals surface area contributed by atoms with E-state index in [0.29, 0.717) is 24.6 Å². The van der Waals surface area contributed by atoms with Crippen molar-refractivity contribution >= 4 is 43.5 Å². The normalized spacial score (nSPS) is 11.9. The Balaban J connectivity index is 2.00. The number of rotatable bonds is 14. The number of hydrogen-bond donors (Lipinski definition) is 1. The number of benzene rings is 3. The zero-order valence-electron chi connectivity index (χ0n) is 24.0. The third-order valence-corrected chi connectivity index (χ3v) is 8.90. The monoisotopic (exact) mass is 643 g/mol. The van der Waals surface area contributed by atoms with Gasteiger partial charge < -0.3 is 15.0 Å².